The van der Waals surface area contributed by atoms with Crippen molar-refractivity contribution < 1.29 is 9.59 Å². The largest absolute Gasteiger partial charge is 0.326 e. The van der Waals surface area contributed by atoms with Gasteiger partial charge in [0.05, 0.1) is 10.7 Å². The van der Waals surface area contributed by atoms with Crippen molar-refractivity contribution in [3.63, 3.8) is 0 Å². The van der Waals surface area contributed by atoms with Gasteiger partial charge in [-0.2, -0.15) is 0 Å². The molecule has 0 aliphatic carbocycles. The van der Waals surface area contributed by atoms with Crippen LogP contribution in [0.1, 0.15) is 30.1 Å². The van der Waals surface area contributed by atoms with E-state index >= 15 is 0 Å². The molecule has 0 atom stereocenters. The highest BCUT2D eigenvalue weighted by atomic mass is 35.5. The number of halogens is 1. The molecule has 4 nitrogen and oxygen atoms in total. The van der Waals surface area contributed by atoms with E-state index < -0.39 is 0 Å². The third kappa shape index (κ3) is 4.03. The average molecular weight is 367 g/mol. The fourth-order valence-corrected chi connectivity index (χ4v) is 2.93. The Hall–Kier alpha value is -2.85. The third-order valence-corrected chi connectivity index (χ3v) is 4.34. The highest BCUT2D eigenvalue weighted by molar-refractivity contribution is 6.34. The Morgan fingerprint density at radius 1 is 0.962 bits per heavy atom. The Morgan fingerprint density at radius 3 is 2.54 bits per heavy atom. The molecule has 0 unspecified atom stereocenters. The summed E-state index contributed by atoms with van der Waals surface area (Å²) in [5.41, 5.74) is 1.62. The number of benzene rings is 3. The number of carbonyl (C=O) groups is 2. The van der Waals surface area contributed by atoms with Gasteiger partial charge in [0, 0.05) is 17.7 Å². The van der Waals surface area contributed by atoms with Crippen molar-refractivity contribution in [3.8, 4) is 0 Å². The van der Waals surface area contributed by atoms with Crippen molar-refractivity contribution in [1.82, 2.24) is 0 Å². The Morgan fingerprint density at radius 2 is 1.73 bits per heavy atom. The molecule has 0 aliphatic rings. The number of anilines is 2. The van der Waals surface area contributed by atoms with Crippen molar-refractivity contribution in [2.24, 2.45) is 0 Å². The summed E-state index contributed by atoms with van der Waals surface area (Å²) < 4.78 is 0. The average Bonchev–Trinajstić information content (AvgIpc) is 2.64. The van der Waals surface area contributed by atoms with Gasteiger partial charge in [0.15, 0.2) is 0 Å². The number of fused-ring (bicyclic) bond motifs is 1. The normalized spacial score (nSPS) is 10.5. The lowest BCUT2D eigenvalue weighted by atomic mass is 10.0. The van der Waals surface area contributed by atoms with E-state index in [1.165, 1.54) is 0 Å². The van der Waals surface area contributed by atoms with Crippen LogP contribution in [0, 0.1) is 0 Å². The zero-order valence-corrected chi connectivity index (χ0v) is 15.1. The van der Waals surface area contributed by atoms with Crippen LogP contribution in [-0.4, -0.2) is 11.8 Å². The Bertz CT molecular complexity index is 964. The van der Waals surface area contributed by atoms with Gasteiger partial charge in [0.25, 0.3) is 5.91 Å². The summed E-state index contributed by atoms with van der Waals surface area (Å²) in [7, 11) is 0. The number of carbonyl (C=O) groups excluding carboxylic acids is 2. The fourth-order valence-electron chi connectivity index (χ4n) is 2.76. The Kier molecular flexibility index (Phi) is 5.54. The highest BCUT2D eigenvalue weighted by Crippen LogP contribution is 2.27. The maximum absolute atomic E-state index is 12.8. The molecule has 0 bridgehead atoms. The second-order valence-electron chi connectivity index (χ2n) is 5.97. The van der Waals surface area contributed by atoms with Gasteiger partial charge in [-0.15, -0.1) is 0 Å². The van der Waals surface area contributed by atoms with Crippen LogP contribution in [0.2, 0.25) is 5.02 Å². The molecule has 2 amide bonds. The minimum absolute atomic E-state index is 0.0684. The van der Waals surface area contributed by atoms with Crippen molar-refractivity contribution in [1.29, 1.82) is 0 Å². The standard InChI is InChI=1S/C21H19ClN2O2/c1-2-6-20(25)23-15-11-12-18(22)19(13-15)24-21(26)17-10-5-8-14-7-3-4-9-16(14)17/h3-5,7-13H,2,6H2,1H3,(H,23,25)(H,24,26). The fraction of sp³-hybridized carbons (Fsp3) is 0.143. The molecule has 0 saturated heterocycles. The number of nitrogens with one attached hydrogen (secondary N) is 2. The molecule has 26 heavy (non-hydrogen) atoms. The molecule has 5 heteroatoms. The first-order chi connectivity index (χ1) is 12.6. The van der Waals surface area contributed by atoms with Gasteiger partial charge in [-0.25, -0.2) is 0 Å². The van der Waals surface area contributed by atoms with Crippen LogP contribution in [0.5, 0.6) is 0 Å². The summed E-state index contributed by atoms with van der Waals surface area (Å²) in [6, 6.07) is 18.3. The van der Waals surface area contributed by atoms with E-state index in [1.54, 1.807) is 24.3 Å². The highest BCUT2D eigenvalue weighted by Gasteiger charge is 2.12. The van der Waals surface area contributed by atoms with Crippen molar-refractivity contribution in [2.45, 2.75) is 19.8 Å². The molecule has 0 radical (unpaired) electrons. The van der Waals surface area contributed by atoms with Crippen LogP contribution in [0.3, 0.4) is 0 Å². The summed E-state index contributed by atoms with van der Waals surface area (Å²) in [6.07, 6.45) is 1.21. The summed E-state index contributed by atoms with van der Waals surface area (Å²) >= 11 is 6.22. The van der Waals surface area contributed by atoms with Gasteiger partial charge in [0.2, 0.25) is 5.91 Å². The lowest BCUT2D eigenvalue weighted by Gasteiger charge is -2.12. The van der Waals surface area contributed by atoms with E-state index in [2.05, 4.69) is 10.6 Å². The van der Waals surface area contributed by atoms with Crippen LogP contribution in [-0.2, 0) is 4.79 Å². The zero-order valence-electron chi connectivity index (χ0n) is 14.4. The SMILES string of the molecule is CCCC(=O)Nc1ccc(Cl)c(NC(=O)c2cccc3ccccc23)c1. The van der Waals surface area contributed by atoms with Gasteiger partial charge >= 0.3 is 0 Å². The molecule has 0 spiro atoms. The number of amides is 2. The van der Waals surface area contributed by atoms with Crippen molar-refractivity contribution >= 4 is 45.6 Å². The van der Waals surface area contributed by atoms with E-state index in [-0.39, 0.29) is 11.8 Å². The maximum Gasteiger partial charge on any atom is 0.256 e. The number of rotatable bonds is 5. The maximum atomic E-state index is 12.8. The van der Waals surface area contributed by atoms with Gasteiger partial charge in [-0.1, -0.05) is 54.9 Å². The van der Waals surface area contributed by atoms with Crippen LogP contribution >= 0.6 is 11.6 Å². The molecule has 0 heterocycles. The molecule has 3 rings (SSSR count). The predicted octanol–water partition coefficient (Wildman–Crippen LogP) is 5.48. The minimum atomic E-state index is -0.249. The summed E-state index contributed by atoms with van der Waals surface area (Å²) in [4.78, 5) is 24.5. The monoisotopic (exact) mass is 366 g/mol. The van der Waals surface area contributed by atoms with Crippen molar-refractivity contribution in [2.75, 3.05) is 10.6 Å². The van der Waals surface area contributed by atoms with E-state index in [9.17, 15) is 9.59 Å². The summed E-state index contributed by atoms with van der Waals surface area (Å²) in [5, 5.41) is 7.92. The molecule has 0 fully saturated rings. The molecule has 132 valence electrons. The van der Waals surface area contributed by atoms with E-state index in [0.717, 1.165) is 17.2 Å². The molecule has 3 aromatic carbocycles. The molecule has 2 N–H and O–H groups in total. The molecule has 3 aromatic rings. The molecule has 0 saturated carbocycles. The van der Waals surface area contributed by atoms with Crippen LogP contribution in [0.15, 0.2) is 60.7 Å². The van der Waals surface area contributed by atoms with Crippen LogP contribution in [0.25, 0.3) is 10.8 Å². The first kappa shape index (κ1) is 18.0. The lowest BCUT2D eigenvalue weighted by molar-refractivity contribution is -0.116. The minimum Gasteiger partial charge on any atom is -0.326 e. The molecule has 0 aromatic heterocycles. The molecular formula is C21H19ClN2O2. The van der Waals surface area contributed by atoms with E-state index in [1.807, 2.05) is 43.3 Å². The van der Waals surface area contributed by atoms with Gasteiger partial charge in [-0.05, 0) is 41.5 Å². The van der Waals surface area contributed by atoms with Gasteiger partial charge in [-0.3, -0.25) is 9.59 Å². The number of hydrogen-bond acceptors (Lipinski definition) is 2. The lowest BCUT2D eigenvalue weighted by Crippen LogP contribution is -2.14. The smallest absolute Gasteiger partial charge is 0.256 e. The van der Waals surface area contributed by atoms with Gasteiger partial charge in [0.1, 0.15) is 0 Å². The third-order valence-electron chi connectivity index (χ3n) is 4.01. The zero-order chi connectivity index (χ0) is 18.5. The predicted molar refractivity (Wildman–Crippen MR) is 107 cm³/mol. The molecule has 0 aliphatic heterocycles. The van der Waals surface area contributed by atoms with Crippen LogP contribution in [0.4, 0.5) is 11.4 Å². The second-order valence-corrected chi connectivity index (χ2v) is 6.38. The molecular weight excluding hydrogens is 348 g/mol. The van der Waals surface area contributed by atoms with Crippen LogP contribution < -0.4 is 10.6 Å². The Labute approximate surface area is 157 Å². The summed E-state index contributed by atoms with van der Waals surface area (Å²) in [5.74, 6) is -0.318. The van der Waals surface area contributed by atoms with Gasteiger partial charge < -0.3 is 10.6 Å². The van der Waals surface area contributed by atoms with Crippen molar-refractivity contribution in [3.05, 3.63) is 71.2 Å². The quantitative estimate of drug-likeness (QED) is 0.627. The topological polar surface area (TPSA) is 58.2 Å². The number of hydrogen-bond donors (Lipinski definition) is 2. The van der Waals surface area contributed by atoms with E-state index in [4.69, 9.17) is 11.6 Å². The first-order valence-electron chi connectivity index (χ1n) is 8.47. The Balaban J connectivity index is 1.85. The summed E-state index contributed by atoms with van der Waals surface area (Å²) in [6.45, 7) is 1.94. The van der Waals surface area contributed by atoms with E-state index in [0.29, 0.717) is 28.4 Å². The first-order valence-corrected chi connectivity index (χ1v) is 8.85. The second kappa shape index (κ2) is 8.02.